The van der Waals surface area contributed by atoms with E-state index in [1.54, 1.807) is 53.0 Å². The Bertz CT molecular complexity index is 1820. The normalized spacial score (nSPS) is 13.8. The van der Waals surface area contributed by atoms with Crippen molar-refractivity contribution in [2.75, 3.05) is 4.72 Å². The van der Waals surface area contributed by atoms with Crippen molar-refractivity contribution in [3.8, 4) is 33.7 Å². The van der Waals surface area contributed by atoms with Crippen LogP contribution in [0, 0.1) is 5.82 Å². The van der Waals surface area contributed by atoms with E-state index < -0.39 is 27.7 Å². The highest BCUT2D eigenvalue weighted by molar-refractivity contribution is 7.93. The molecule has 200 valence electrons. The highest BCUT2D eigenvalue weighted by atomic mass is 32.2. The van der Waals surface area contributed by atoms with Crippen molar-refractivity contribution in [2.24, 2.45) is 7.05 Å². The first-order valence-electron chi connectivity index (χ1n) is 11.9. The quantitative estimate of drug-likeness (QED) is 0.285. The summed E-state index contributed by atoms with van der Waals surface area (Å²) in [6.45, 7) is -3.17. The average Bonchev–Trinajstić information content (AvgIpc) is 3.54. The number of imidazole rings is 1. The van der Waals surface area contributed by atoms with Crippen LogP contribution in [-0.4, -0.2) is 44.6 Å². The maximum Gasteiger partial charge on any atom is 0.387 e. The molecule has 0 bridgehead atoms. The van der Waals surface area contributed by atoms with Crippen LogP contribution in [0.1, 0.15) is 12.8 Å². The summed E-state index contributed by atoms with van der Waals surface area (Å²) in [4.78, 5) is 8.73. The Morgan fingerprint density at radius 1 is 1.08 bits per heavy atom. The predicted octanol–water partition coefficient (Wildman–Crippen LogP) is 5.13. The summed E-state index contributed by atoms with van der Waals surface area (Å²) in [5.41, 5.74) is 3.57. The standard InChI is InChI=1S/C26H21F3N6O3S/c1-34-13-15(12-32-34)19-6-7-21-25(24(19)20-5-2-16(27)10-22(20)38-26(28)29)31-14-35(21)17-8-9-30-23(11-17)33-39(36,37)18-3-4-18/h2,5-14,18,26H,3-4H2,1H3,(H,30,33). The molecule has 39 heavy (non-hydrogen) atoms. The number of benzene rings is 2. The third-order valence-electron chi connectivity index (χ3n) is 6.40. The molecule has 3 aromatic heterocycles. The lowest BCUT2D eigenvalue weighted by Gasteiger charge is -2.15. The van der Waals surface area contributed by atoms with Gasteiger partial charge in [-0.05, 0) is 42.7 Å². The zero-order valence-corrected chi connectivity index (χ0v) is 21.2. The lowest BCUT2D eigenvalue weighted by atomic mass is 9.94. The molecule has 9 nitrogen and oxygen atoms in total. The van der Waals surface area contributed by atoms with Gasteiger partial charge < -0.3 is 4.74 Å². The molecular weight excluding hydrogens is 533 g/mol. The number of halogens is 3. The van der Waals surface area contributed by atoms with Crippen LogP contribution < -0.4 is 9.46 Å². The Hall–Kier alpha value is -4.39. The number of fused-ring (bicyclic) bond motifs is 1. The minimum Gasteiger partial charge on any atom is -0.434 e. The van der Waals surface area contributed by atoms with Crippen molar-refractivity contribution in [3.63, 3.8) is 0 Å². The van der Waals surface area contributed by atoms with Crippen LogP contribution in [0.25, 0.3) is 39.0 Å². The molecule has 1 saturated carbocycles. The van der Waals surface area contributed by atoms with Crippen LogP contribution in [0.2, 0.25) is 0 Å². The number of pyridine rings is 1. The number of nitrogens with one attached hydrogen (secondary N) is 1. The molecule has 0 radical (unpaired) electrons. The monoisotopic (exact) mass is 554 g/mol. The van der Waals surface area contributed by atoms with Gasteiger partial charge in [0, 0.05) is 48.3 Å². The summed E-state index contributed by atoms with van der Waals surface area (Å²) < 4.78 is 76.0. The SMILES string of the molecule is Cn1cc(-c2ccc3c(ncn3-c3ccnc(NS(=O)(=O)C4CC4)c3)c2-c2ccc(F)cc2OC(F)F)cn1. The lowest BCUT2D eigenvalue weighted by Crippen LogP contribution is -2.18. The van der Waals surface area contributed by atoms with E-state index in [4.69, 9.17) is 4.74 Å². The molecule has 1 aliphatic carbocycles. The van der Waals surface area contributed by atoms with Gasteiger partial charge in [-0.2, -0.15) is 13.9 Å². The second-order valence-electron chi connectivity index (χ2n) is 9.14. The number of alkyl halides is 2. The Morgan fingerprint density at radius 2 is 1.87 bits per heavy atom. The maximum atomic E-state index is 14.1. The molecule has 6 rings (SSSR count). The van der Waals surface area contributed by atoms with Crippen molar-refractivity contribution >= 4 is 26.9 Å². The van der Waals surface area contributed by atoms with Crippen LogP contribution >= 0.6 is 0 Å². The Balaban J connectivity index is 1.53. The summed E-state index contributed by atoms with van der Waals surface area (Å²) in [5.74, 6) is -0.898. The van der Waals surface area contributed by atoms with E-state index in [9.17, 15) is 21.6 Å². The molecule has 13 heteroatoms. The number of anilines is 1. The molecule has 2 aromatic carbocycles. The summed E-state index contributed by atoms with van der Waals surface area (Å²) in [6.07, 6.45) is 7.63. The van der Waals surface area contributed by atoms with Crippen LogP contribution in [0.15, 0.2) is 67.4 Å². The van der Waals surface area contributed by atoms with Gasteiger partial charge in [-0.1, -0.05) is 6.07 Å². The molecule has 1 aliphatic rings. The van der Waals surface area contributed by atoms with E-state index in [0.29, 0.717) is 46.3 Å². The van der Waals surface area contributed by atoms with E-state index in [2.05, 4.69) is 19.8 Å². The van der Waals surface area contributed by atoms with Gasteiger partial charge in [0.15, 0.2) is 0 Å². The first kappa shape index (κ1) is 24.9. The predicted molar refractivity (Wildman–Crippen MR) is 139 cm³/mol. The van der Waals surface area contributed by atoms with Crippen molar-refractivity contribution < 1.29 is 26.3 Å². The Labute approximate surface area is 220 Å². The van der Waals surface area contributed by atoms with E-state index >= 15 is 0 Å². The third kappa shape index (κ3) is 4.80. The van der Waals surface area contributed by atoms with Gasteiger partial charge in [-0.25, -0.2) is 22.8 Å². The summed E-state index contributed by atoms with van der Waals surface area (Å²) in [7, 11) is -1.77. The average molecular weight is 555 g/mol. The largest absolute Gasteiger partial charge is 0.434 e. The van der Waals surface area contributed by atoms with Crippen LogP contribution in [-0.2, 0) is 17.1 Å². The highest BCUT2D eigenvalue weighted by Crippen LogP contribution is 2.42. The number of nitrogens with zero attached hydrogens (tertiary/aromatic N) is 5. The van der Waals surface area contributed by atoms with Crippen molar-refractivity contribution in [1.29, 1.82) is 0 Å². The zero-order chi connectivity index (χ0) is 27.3. The third-order valence-corrected chi connectivity index (χ3v) is 8.24. The first-order chi connectivity index (χ1) is 18.7. The van der Waals surface area contributed by atoms with Gasteiger partial charge in [-0.15, -0.1) is 0 Å². The minimum absolute atomic E-state index is 0.166. The molecule has 0 unspecified atom stereocenters. The Morgan fingerprint density at radius 3 is 2.59 bits per heavy atom. The fourth-order valence-corrected chi connectivity index (χ4v) is 5.82. The molecule has 1 N–H and O–H groups in total. The number of hydrogen-bond donors (Lipinski definition) is 1. The second-order valence-corrected chi connectivity index (χ2v) is 11.1. The van der Waals surface area contributed by atoms with E-state index in [1.165, 1.54) is 18.6 Å². The van der Waals surface area contributed by atoms with Gasteiger partial charge in [0.1, 0.15) is 23.7 Å². The number of hydrogen-bond acceptors (Lipinski definition) is 6. The van der Waals surface area contributed by atoms with Crippen LogP contribution in [0.5, 0.6) is 5.75 Å². The van der Waals surface area contributed by atoms with E-state index in [1.807, 2.05) is 0 Å². The molecule has 5 aromatic rings. The molecule has 3 heterocycles. The molecule has 0 atom stereocenters. The molecule has 1 fully saturated rings. The summed E-state index contributed by atoms with van der Waals surface area (Å²) in [6, 6.07) is 10.3. The lowest BCUT2D eigenvalue weighted by molar-refractivity contribution is -0.0495. The highest BCUT2D eigenvalue weighted by Gasteiger charge is 2.36. The van der Waals surface area contributed by atoms with Crippen LogP contribution in [0.4, 0.5) is 19.0 Å². The van der Waals surface area contributed by atoms with E-state index in [-0.39, 0.29) is 17.1 Å². The van der Waals surface area contributed by atoms with Gasteiger partial charge in [-0.3, -0.25) is 14.0 Å². The second kappa shape index (κ2) is 9.42. The molecule has 0 spiro atoms. The smallest absolute Gasteiger partial charge is 0.387 e. The zero-order valence-electron chi connectivity index (χ0n) is 20.4. The molecule has 0 aliphatic heterocycles. The molecule has 0 amide bonds. The summed E-state index contributed by atoms with van der Waals surface area (Å²) >= 11 is 0. The van der Waals surface area contributed by atoms with Gasteiger partial charge in [0.2, 0.25) is 10.0 Å². The summed E-state index contributed by atoms with van der Waals surface area (Å²) in [5, 5.41) is 3.81. The number of rotatable bonds is 8. The van der Waals surface area contributed by atoms with Crippen molar-refractivity contribution in [3.05, 3.63) is 73.2 Å². The van der Waals surface area contributed by atoms with Gasteiger partial charge in [0.25, 0.3) is 0 Å². The number of ether oxygens (including phenoxy) is 1. The minimum atomic E-state index is -3.51. The Kier molecular flexibility index (Phi) is 6.02. The van der Waals surface area contributed by atoms with Crippen molar-refractivity contribution in [1.82, 2.24) is 24.3 Å². The van der Waals surface area contributed by atoms with E-state index in [0.717, 1.165) is 12.1 Å². The number of sulfonamides is 1. The van der Waals surface area contributed by atoms with Crippen molar-refractivity contribution in [2.45, 2.75) is 24.7 Å². The number of aromatic nitrogens is 5. The maximum absolute atomic E-state index is 14.1. The fourth-order valence-electron chi connectivity index (χ4n) is 4.49. The van der Waals surface area contributed by atoms with Gasteiger partial charge >= 0.3 is 6.61 Å². The van der Waals surface area contributed by atoms with Gasteiger partial charge in [0.05, 0.1) is 28.2 Å². The fraction of sp³-hybridized carbons (Fsp3) is 0.192. The topological polar surface area (TPSA) is 104 Å². The number of aryl methyl sites for hydroxylation is 1. The first-order valence-corrected chi connectivity index (χ1v) is 13.5. The molecule has 0 saturated heterocycles. The molecular formula is C26H21F3N6O3S. The van der Waals surface area contributed by atoms with Crippen LogP contribution in [0.3, 0.4) is 0 Å².